The van der Waals surface area contributed by atoms with Crippen molar-refractivity contribution < 1.29 is 9.59 Å². The minimum atomic E-state index is -0.687. The monoisotopic (exact) mass is 451 g/mol. The van der Waals surface area contributed by atoms with Gasteiger partial charge < -0.3 is 15.1 Å². The van der Waals surface area contributed by atoms with Crippen LogP contribution in [0.25, 0.3) is 0 Å². The summed E-state index contributed by atoms with van der Waals surface area (Å²) in [6, 6.07) is 15.1. The van der Waals surface area contributed by atoms with Crippen LogP contribution in [0.2, 0.25) is 0 Å². The number of hydrogen-bond acceptors (Lipinski definition) is 3. The van der Waals surface area contributed by atoms with Gasteiger partial charge in [-0.05, 0) is 36.3 Å². The fourth-order valence-electron chi connectivity index (χ4n) is 4.90. The molecule has 0 radical (unpaired) electrons. The summed E-state index contributed by atoms with van der Waals surface area (Å²) in [4.78, 5) is 30.6. The number of rotatable bonds is 4. The van der Waals surface area contributed by atoms with Crippen LogP contribution >= 0.6 is 15.9 Å². The molecular formula is C23H22BrN3O2. The van der Waals surface area contributed by atoms with Crippen molar-refractivity contribution in [3.05, 3.63) is 76.3 Å². The van der Waals surface area contributed by atoms with Crippen LogP contribution in [0.4, 0.5) is 5.69 Å². The number of anilines is 1. The lowest BCUT2D eigenvalue weighted by Gasteiger charge is -2.52. The molecule has 2 amide bonds. The maximum absolute atomic E-state index is 13.7. The van der Waals surface area contributed by atoms with E-state index in [4.69, 9.17) is 0 Å². The third-order valence-electron chi connectivity index (χ3n) is 6.21. The zero-order chi connectivity index (χ0) is 20.2. The number of para-hydroxylation sites is 1. The van der Waals surface area contributed by atoms with Gasteiger partial charge in [0, 0.05) is 28.3 Å². The molecule has 0 aromatic heterocycles. The molecule has 0 saturated carbocycles. The van der Waals surface area contributed by atoms with Crippen molar-refractivity contribution in [2.24, 2.45) is 0 Å². The van der Waals surface area contributed by atoms with Gasteiger partial charge in [-0.2, -0.15) is 0 Å². The minimum Gasteiger partial charge on any atom is -0.362 e. The highest BCUT2D eigenvalue weighted by Crippen LogP contribution is 2.54. The Morgan fingerprint density at radius 2 is 1.86 bits per heavy atom. The third-order valence-corrected chi connectivity index (χ3v) is 6.74. The summed E-state index contributed by atoms with van der Waals surface area (Å²) in [5, 5.41) is 3.54. The lowest BCUT2D eigenvalue weighted by Crippen LogP contribution is -2.67. The second kappa shape index (κ2) is 6.73. The molecule has 3 aliphatic rings. The lowest BCUT2D eigenvalue weighted by molar-refractivity contribution is -0.162. The quantitative estimate of drug-likeness (QED) is 0.758. The van der Waals surface area contributed by atoms with E-state index < -0.39 is 11.6 Å². The molecule has 5 rings (SSSR count). The van der Waals surface area contributed by atoms with E-state index in [9.17, 15) is 9.59 Å². The van der Waals surface area contributed by atoms with Gasteiger partial charge in [-0.15, -0.1) is 0 Å². The summed E-state index contributed by atoms with van der Waals surface area (Å²) in [7, 11) is 0. The minimum absolute atomic E-state index is 0.0289. The van der Waals surface area contributed by atoms with Crippen LogP contribution in [0.3, 0.4) is 0 Å². The van der Waals surface area contributed by atoms with Gasteiger partial charge in [0.05, 0.1) is 0 Å². The smallest absolute Gasteiger partial charge is 0.251 e. The molecule has 29 heavy (non-hydrogen) atoms. The van der Waals surface area contributed by atoms with Crippen molar-refractivity contribution in [1.29, 1.82) is 0 Å². The first-order valence-electron chi connectivity index (χ1n) is 10.0. The van der Waals surface area contributed by atoms with Crippen LogP contribution in [0.5, 0.6) is 0 Å². The summed E-state index contributed by atoms with van der Waals surface area (Å²) in [5.74, 6) is -0.149. The average molecular weight is 452 g/mol. The number of nitrogens with one attached hydrogen (secondary N) is 1. The molecule has 1 fully saturated rings. The molecule has 6 heteroatoms. The van der Waals surface area contributed by atoms with E-state index in [0.29, 0.717) is 6.54 Å². The summed E-state index contributed by atoms with van der Waals surface area (Å²) < 4.78 is 0.943. The van der Waals surface area contributed by atoms with Gasteiger partial charge in [-0.1, -0.05) is 59.6 Å². The largest absolute Gasteiger partial charge is 0.362 e. The fourth-order valence-corrected chi connectivity index (χ4v) is 5.17. The molecular weight excluding hydrogens is 430 g/mol. The average Bonchev–Trinajstić information content (AvgIpc) is 3.24. The van der Waals surface area contributed by atoms with Crippen molar-refractivity contribution in [2.45, 2.75) is 37.5 Å². The van der Waals surface area contributed by atoms with Crippen molar-refractivity contribution in [2.75, 3.05) is 11.9 Å². The Morgan fingerprint density at radius 1 is 1.10 bits per heavy atom. The Hall–Kier alpha value is -2.60. The third kappa shape index (κ3) is 2.51. The molecule has 148 valence electrons. The van der Waals surface area contributed by atoms with Crippen LogP contribution in [0.15, 0.2) is 65.2 Å². The van der Waals surface area contributed by atoms with Crippen molar-refractivity contribution in [1.82, 2.24) is 9.80 Å². The van der Waals surface area contributed by atoms with Gasteiger partial charge in [0.1, 0.15) is 17.7 Å². The maximum Gasteiger partial charge on any atom is 0.251 e. The predicted molar refractivity (Wildman–Crippen MR) is 115 cm³/mol. The zero-order valence-corrected chi connectivity index (χ0v) is 17.7. The number of fused-ring (bicyclic) bond motifs is 1. The molecule has 3 atom stereocenters. The molecule has 1 saturated heterocycles. The van der Waals surface area contributed by atoms with Gasteiger partial charge in [0.15, 0.2) is 0 Å². The normalized spacial score (nSPS) is 27.0. The molecule has 0 bridgehead atoms. The molecule has 3 aliphatic heterocycles. The van der Waals surface area contributed by atoms with Gasteiger partial charge in [-0.3, -0.25) is 9.59 Å². The van der Waals surface area contributed by atoms with Crippen molar-refractivity contribution >= 4 is 33.4 Å². The Balaban J connectivity index is 1.71. The first-order valence-corrected chi connectivity index (χ1v) is 10.8. The predicted octanol–water partition coefficient (Wildman–Crippen LogP) is 4.18. The molecule has 0 aliphatic carbocycles. The van der Waals surface area contributed by atoms with Gasteiger partial charge in [0.25, 0.3) is 5.91 Å². The molecule has 1 spiro atoms. The summed E-state index contributed by atoms with van der Waals surface area (Å²) in [5.41, 5.74) is 2.17. The Morgan fingerprint density at radius 3 is 2.62 bits per heavy atom. The van der Waals surface area contributed by atoms with Crippen LogP contribution in [-0.4, -0.2) is 34.3 Å². The highest BCUT2D eigenvalue weighted by atomic mass is 79.9. The maximum atomic E-state index is 13.7. The number of nitrogens with zero attached hydrogens (tertiary/aromatic N) is 2. The second-order valence-corrected chi connectivity index (χ2v) is 8.71. The summed E-state index contributed by atoms with van der Waals surface area (Å²) in [6.45, 7) is 2.78. The molecule has 2 aromatic carbocycles. The Bertz CT molecular complexity index is 1020. The van der Waals surface area contributed by atoms with E-state index in [1.54, 1.807) is 11.0 Å². The molecule has 2 aromatic rings. The van der Waals surface area contributed by atoms with Gasteiger partial charge in [0.2, 0.25) is 5.91 Å². The number of hydrogen-bond donors (Lipinski definition) is 1. The molecule has 3 unspecified atom stereocenters. The van der Waals surface area contributed by atoms with E-state index in [2.05, 4.69) is 34.2 Å². The Kier molecular flexibility index (Phi) is 4.28. The Labute approximate surface area is 178 Å². The second-order valence-electron chi connectivity index (χ2n) is 7.80. The van der Waals surface area contributed by atoms with Crippen molar-refractivity contribution in [3.8, 4) is 0 Å². The molecule has 5 nitrogen and oxygen atoms in total. The van der Waals surface area contributed by atoms with E-state index in [1.165, 1.54) is 0 Å². The van der Waals surface area contributed by atoms with Gasteiger partial charge >= 0.3 is 0 Å². The number of unbranched alkanes of at least 4 members (excludes halogenated alkanes) is 1. The van der Waals surface area contributed by atoms with E-state index >= 15 is 0 Å². The van der Waals surface area contributed by atoms with Crippen LogP contribution < -0.4 is 5.32 Å². The highest BCUT2D eigenvalue weighted by Gasteiger charge is 2.63. The van der Waals surface area contributed by atoms with Crippen LogP contribution in [-0.2, 0) is 15.1 Å². The number of amides is 2. The number of carbonyl (C=O) groups is 2. The van der Waals surface area contributed by atoms with Crippen molar-refractivity contribution in [3.63, 3.8) is 0 Å². The lowest BCUT2D eigenvalue weighted by atomic mass is 9.83. The summed E-state index contributed by atoms with van der Waals surface area (Å²) >= 11 is 3.47. The molecule has 3 heterocycles. The topological polar surface area (TPSA) is 52.7 Å². The number of piperazine rings is 1. The van der Waals surface area contributed by atoms with Gasteiger partial charge in [-0.25, -0.2) is 0 Å². The van der Waals surface area contributed by atoms with E-state index in [1.807, 2.05) is 53.4 Å². The number of benzene rings is 2. The van der Waals surface area contributed by atoms with E-state index in [-0.39, 0.29) is 18.0 Å². The SMILES string of the molecule is CCCCN1C(=O)C(c2ccc(Br)cc2)N2C(=O)C=CC23c2ccccc2NC13. The zero-order valence-electron chi connectivity index (χ0n) is 16.1. The molecule has 1 N–H and O–H groups in total. The highest BCUT2D eigenvalue weighted by molar-refractivity contribution is 9.10. The number of halogens is 1. The van der Waals surface area contributed by atoms with E-state index in [0.717, 1.165) is 34.1 Å². The van der Waals surface area contributed by atoms with Crippen LogP contribution in [0, 0.1) is 0 Å². The number of carbonyl (C=O) groups excluding carboxylic acids is 2. The first-order chi connectivity index (χ1) is 14.1. The fraction of sp³-hybridized carbons (Fsp3) is 0.304. The summed E-state index contributed by atoms with van der Waals surface area (Å²) in [6.07, 6.45) is 5.22. The first kappa shape index (κ1) is 18.4. The standard InChI is InChI=1S/C23H22BrN3O2/c1-2-3-14-26-21(29)20(15-8-10-16(24)11-9-15)27-19(28)12-13-23(27)17-6-4-5-7-18(17)25-22(23)26/h4-13,20,22,25H,2-3,14H2,1H3. The van der Waals surface area contributed by atoms with Crippen LogP contribution in [0.1, 0.15) is 36.9 Å².